The van der Waals surface area contributed by atoms with Crippen molar-refractivity contribution in [2.45, 2.75) is 32.2 Å². The van der Waals surface area contributed by atoms with Crippen molar-refractivity contribution in [1.29, 1.82) is 0 Å². The first-order valence-electron chi connectivity index (χ1n) is 8.08. The smallest absolute Gasteiger partial charge is 0.257 e. The summed E-state index contributed by atoms with van der Waals surface area (Å²) in [7, 11) is 0. The molecule has 3 rings (SSSR count). The summed E-state index contributed by atoms with van der Waals surface area (Å²) in [4.78, 5) is 27.1. The second-order valence-corrected chi connectivity index (χ2v) is 6.91. The van der Waals surface area contributed by atoms with Crippen LogP contribution in [0.15, 0.2) is 34.9 Å². The van der Waals surface area contributed by atoms with Gasteiger partial charge >= 0.3 is 0 Å². The summed E-state index contributed by atoms with van der Waals surface area (Å²) in [5, 5.41) is 3.66. The molecule has 132 valence electrons. The Labute approximate surface area is 155 Å². The van der Waals surface area contributed by atoms with Gasteiger partial charge in [-0.3, -0.25) is 9.59 Å². The molecule has 5 nitrogen and oxygen atoms in total. The zero-order valence-corrected chi connectivity index (χ0v) is 15.2. The van der Waals surface area contributed by atoms with E-state index < -0.39 is 6.04 Å². The van der Waals surface area contributed by atoms with Crippen molar-refractivity contribution >= 4 is 40.7 Å². The highest BCUT2D eigenvalue weighted by atomic mass is 35.5. The first kappa shape index (κ1) is 17.8. The summed E-state index contributed by atoms with van der Waals surface area (Å²) >= 11 is 12.0. The lowest BCUT2D eigenvalue weighted by atomic mass is 10.00. The molecule has 1 aromatic heterocycles. The molecule has 25 heavy (non-hydrogen) atoms. The highest BCUT2D eigenvalue weighted by molar-refractivity contribution is 6.36. The second-order valence-electron chi connectivity index (χ2n) is 6.07. The van der Waals surface area contributed by atoms with Crippen LogP contribution >= 0.6 is 23.2 Å². The third-order valence-electron chi connectivity index (χ3n) is 4.23. The van der Waals surface area contributed by atoms with Crippen molar-refractivity contribution in [3.63, 3.8) is 0 Å². The molecule has 1 unspecified atom stereocenters. The summed E-state index contributed by atoms with van der Waals surface area (Å²) in [6, 6.07) is 6.01. The third-order valence-corrected chi connectivity index (χ3v) is 4.78. The fourth-order valence-electron chi connectivity index (χ4n) is 2.98. The molecule has 1 saturated heterocycles. The van der Waals surface area contributed by atoms with E-state index >= 15 is 0 Å². The molecule has 1 aliphatic rings. The average Bonchev–Trinajstić information content (AvgIpc) is 3.03. The molecule has 2 heterocycles. The Bertz CT molecular complexity index is 803. The number of amides is 2. The Morgan fingerprint density at radius 1 is 1.24 bits per heavy atom. The van der Waals surface area contributed by atoms with Gasteiger partial charge in [0.25, 0.3) is 5.91 Å². The molecule has 1 aromatic carbocycles. The van der Waals surface area contributed by atoms with Gasteiger partial charge in [-0.25, -0.2) is 0 Å². The third kappa shape index (κ3) is 3.99. The molecule has 0 bridgehead atoms. The molecule has 2 amide bonds. The Morgan fingerprint density at radius 2 is 2.04 bits per heavy atom. The lowest BCUT2D eigenvalue weighted by molar-refractivity contribution is -0.121. The van der Waals surface area contributed by atoms with Crippen LogP contribution in [0.3, 0.4) is 0 Å². The normalized spacial score (nSPS) is 17.4. The first-order chi connectivity index (χ1) is 12.0. The maximum absolute atomic E-state index is 12.7. The van der Waals surface area contributed by atoms with Crippen molar-refractivity contribution < 1.29 is 14.0 Å². The molecular weight excluding hydrogens is 363 g/mol. The fraction of sp³-hybridized carbons (Fsp3) is 0.333. The molecule has 0 aliphatic carbocycles. The Hall–Kier alpha value is -1.98. The van der Waals surface area contributed by atoms with Crippen LogP contribution in [0.2, 0.25) is 10.0 Å². The van der Waals surface area contributed by atoms with Crippen molar-refractivity contribution in [3.05, 3.63) is 51.9 Å². The summed E-state index contributed by atoms with van der Waals surface area (Å²) in [5.74, 6) is 0.214. The number of carbonyl (C=O) groups excluding carboxylic acids is 2. The second kappa shape index (κ2) is 7.50. The Kier molecular flexibility index (Phi) is 5.35. The molecule has 7 heteroatoms. The minimum absolute atomic E-state index is 0.195. The van der Waals surface area contributed by atoms with Gasteiger partial charge in [0.15, 0.2) is 0 Å². The number of nitrogens with one attached hydrogen (secondary N) is 1. The van der Waals surface area contributed by atoms with Crippen LogP contribution in [-0.2, 0) is 4.79 Å². The van der Waals surface area contributed by atoms with E-state index in [0.29, 0.717) is 40.0 Å². The number of hydrogen-bond acceptors (Lipinski definition) is 3. The topological polar surface area (TPSA) is 62.6 Å². The van der Waals surface area contributed by atoms with E-state index in [9.17, 15) is 9.59 Å². The maximum Gasteiger partial charge on any atom is 0.257 e. The van der Waals surface area contributed by atoms with Crippen molar-refractivity contribution in [3.8, 4) is 0 Å². The van der Waals surface area contributed by atoms with Crippen molar-refractivity contribution in [2.24, 2.45) is 0 Å². The first-order valence-corrected chi connectivity index (χ1v) is 8.83. The zero-order valence-electron chi connectivity index (χ0n) is 13.7. The van der Waals surface area contributed by atoms with Gasteiger partial charge in [-0.05, 0) is 50.5 Å². The largest absolute Gasteiger partial charge is 0.469 e. The van der Waals surface area contributed by atoms with E-state index in [1.54, 1.807) is 36.1 Å². The quantitative estimate of drug-likeness (QED) is 0.850. The van der Waals surface area contributed by atoms with Crippen LogP contribution in [0.5, 0.6) is 0 Å². The lowest BCUT2D eigenvalue weighted by Crippen LogP contribution is -2.50. The maximum atomic E-state index is 12.7. The van der Waals surface area contributed by atoms with Gasteiger partial charge in [0.2, 0.25) is 5.91 Å². The van der Waals surface area contributed by atoms with Crippen LogP contribution in [0.1, 0.15) is 35.4 Å². The number of carbonyl (C=O) groups is 2. The molecule has 1 atom stereocenters. The number of halogens is 2. The number of piperidine rings is 1. The van der Waals surface area contributed by atoms with Gasteiger partial charge in [0.1, 0.15) is 18.1 Å². The minimum atomic E-state index is -0.539. The molecule has 0 radical (unpaired) electrons. The van der Waals surface area contributed by atoms with Crippen LogP contribution in [0, 0.1) is 6.92 Å². The number of rotatable bonds is 3. The SMILES string of the molecule is Cc1cc(C(=O)N2CCCCC2C(=O)Nc2ccc(Cl)cc2Cl)co1. The Balaban J connectivity index is 1.78. The molecule has 1 N–H and O–H groups in total. The van der Waals surface area contributed by atoms with E-state index in [0.717, 1.165) is 12.8 Å². The summed E-state index contributed by atoms with van der Waals surface area (Å²) in [6.45, 7) is 2.31. The highest BCUT2D eigenvalue weighted by Gasteiger charge is 2.33. The van der Waals surface area contributed by atoms with Gasteiger partial charge in [0, 0.05) is 11.6 Å². The average molecular weight is 381 g/mol. The number of nitrogens with zero attached hydrogens (tertiary/aromatic N) is 1. The van der Waals surface area contributed by atoms with Crippen LogP contribution in [0.25, 0.3) is 0 Å². The van der Waals surface area contributed by atoms with E-state index in [1.807, 2.05) is 0 Å². The highest BCUT2D eigenvalue weighted by Crippen LogP contribution is 2.27. The number of aryl methyl sites for hydroxylation is 1. The molecular formula is C18H18Cl2N2O3. The number of likely N-dealkylation sites (tertiary alicyclic amines) is 1. The zero-order chi connectivity index (χ0) is 18.0. The number of hydrogen-bond donors (Lipinski definition) is 1. The predicted molar refractivity (Wildman–Crippen MR) is 97.2 cm³/mol. The molecule has 0 spiro atoms. The van der Waals surface area contributed by atoms with Crippen molar-refractivity contribution in [1.82, 2.24) is 4.90 Å². The summed E-state index contributed by atoms with van der Waals surface area (Å²) in [6.07, 6.45) is 3.80. The van der Waals surface area contributed by atoms with Crippen LogP contribution < -0.4 is 5.32 Å². The molecule has 0 saturated carbocycles. The number of furan rings is 1. The van der Waals surface area contributed by atoms with Gasteiger partial charge in [-0.15, -0.1) is 0 Å². The number of anilines is 1. The van der Waals surface area contributed by atoms with E-state index in [-0.39, 0.29) is 11.8 Å². The summed E-state index contributed by atoms with van der Waals surface area (Å²) < 4.78 is 5.22. The van der Waals surface area contributed by atoms with Crippen LogP contribution in [0.4, 0.5) is 5.69 Å². The van der Waals surface area contributed by atoms with Gasteiger partial charge in [-0.2, -0.15) is 0 Å². The fourth-order valence-corrected chi connectivity index (χ4v) is 3.43. The van der Waals surface area contributed by atoms with Gasteiger partial charge in [-0.1, -0.05) is 23.2 Å². The molecule has 1 aliphatic heterocycles. The van der Waals surface area contributed by atoms with Crippen LogP contribution in [-0.4, -0.2) is 29.3 Å². The van der Waals surface area contributed by atoms with Gasteiger partial charge in [0.05, 0.1) is 16.3 Å². The van der Waals surface area contributed by atoms with E-state index in [4.69, 9.17) is 27.6 Å². The number of benzene rings is 1. The summed E-state index contributed by atoms with van der Waals surface area (Å²) in [5.41, 5.74) is 0.940. The van der Waals surface area contributed by atoms with Gasteiger partial charge < -0.3 is 14.6 Å². The minimum Gasteiger partial charge on any atom is -0.469 e. The monoisotopic (exact) mass is 380 g/mol. The molecule has 1 fully saturated rings. The Morgan fingerprint density at radius 3 is 2.72 bits per heavy atom. The standard InChI is InChI=1S/C18H18Cl2N2O3/c1-11-8-12(10-25-11)18(24)22-7-3-2-4-16(22)17(23)21-15-6-5-13(19)9-14(15)20/h5-6,8-10,16H,2-4,7H2,1H3,(H,21,23). The van der Waals surface area contributed by atoms with E-state index in [2.05, 4.69) is 5.32 Å². The van der Waals surface area contributed by atoms with Crippen molar-refractivity contribution in [2.75, 3.05) is 11.9 Å². The van der Waals surface area contributed by atoms with E-state index in [1.165, 1.54) is 6.26 Å². The predicted octanol–water partition coefficient (Wildman–Crippen LogP) is 4.53. The lowest BCUT2D eigenvalue weighted by Gasteiger charge is -2.34. The molecule has 2 aromatic rings.